The number of benzene rings is 2. The molecule has 0 aliphatic carbocycles. The molecule has 0 radical (unpaired) electrons. The molecule has 0 aliphatic heterocycles. The summed E-state index contributed by atoms with van der Waals surface area (Å²) in [5.41, 5.74) is 1.86. The van der Waals surface area contributed by atoms with Gasteiger partial charge in [0.1, 0.15) is 12.4 Å². The number of sulfonamides is 1. The number of carbonyl (C=O) groups is 1. The van der Waals surface area contributed by atoms with Crippen molar-refractivity contribution in [1.82, 2.24) is 14.6 Å². The first kappa shape index (κ1) is 22.5. The van der Waals surface area contributed by atoms with E-state index in [9.17, 15) is 13.2 Å². The number of nitrogens with one attached hydrogen (secondary N) is 1. The Morgan fingerprint density at radius 1 is 1.06 bits per heavy atom. The molecule has 0 saturated heterocycles. The van der Waals surface area contributed by atoms with Gasteiger partial charge >= 0.3 is 0 Å². The molecule has 1 N–H and O–H groups in total. The summed E-state index contributed by atoms with van der Waals surface area (Å²) in [6.07, 6.45) is 3.46. The number of nitrogens with zero attached hydrogens (tertiary/aromatic N) is 2. The standard InChI is InChI=1S/C23H25N3O4S/c1-18(20-10-12-21(13-11-20)30-17-19-7-6-14-24-15-19)25-23(27)16-26(2)31(28,29)22-8-4-3-5-9-22/h3-15,18H,16-17H2,1-2H3,(H,25,27). The first-order valence-corrected chi connectivity index (χ1v) is 11.2. The van der Waals surface area contributed by atoms with Crippen LogP contribution in [0.15, 0.2) is 84.0 Å². The predicted molar refractivity (Wildman–Crippen MR) is 118 cm³/mol. The lowest BCUT2D eigenvalue weighted by molar-refractivity contribution is -0.121. The Hall–Kier alpha value is -3.23. The zero-order valence-corrected chi connectivity index (χ0v) is 18.2. The Labute approximate surface area is 182 Å². The molecule has 1 unspecified atom stereocenters. The third-order valence-electron chi connectivity index (χ3n) is 4.70. The van der Waals surface area contributed by atoms with E-state index in [-0.39, 0.29) is 23.4 Å². The number of likely N-dealkylation sites (N-methyl/N-ethyl adjacent to an activating group) is 1. The van der Waals surface area contributed by atoms with Crippen molar-refractivity contribution in [3.05, 3.63) is 90.3 Å². The fourth-order valence-corrected chi connectivity index (χ4v) is 4.08. The van der Waals surface area contributed by atoms with Gasteiger partial charge in [-0.2, -0.15) is 4.31 Å². The molecule has 0 aliphatic rings. The lowest BCUT2D eigenvalue weighted by Gasteiger charge is -2.19. The van der Waals surface area contributed by atoms with Gasteiger partial charge in [-0.3, -0.25) is 9.78 Å². The Morgan fingerprint density at radius 3 is 2.42 bits per heavy atom. The van der Waals surface area contributed by atoms with Gasteiger partial charge in [0.2, 0.25) is 15.9 Å². The molecule has 1 aromatic heterocycles. The van der Waals surface area contributed by atoms with Gasteiger partial charge in [0.05, 0.1) is 17.5 Å². The van der Waals surface area contributed by atoms with Crippen LogP contribution in [-0.4, -0.2) is 37.2 Å². The Bertz CT molecular complexity index is 1090. The lowest BCUT2D eigenvalue weighted by Crippen LogP contribution is -2.39. The minimum absolute atomic E-state index is 0.153. The second-order valence-corrected chi connectivity index (χ2v) is 9.13. The van der Waals surface area contributed by atoms with Crippen LogP contribution in [0.1, 0.15) is 24.1 Å². The molecule has 0 bridgehead atoms. The average molecular weight is 440 g/mol. The number of aromatic nitrogens is 1. The normalized spacial score (nSPS) is 12.4. The Balaban J connectivity index is 1.53. The number of hydrogen-bond acceptors (Lipinski definition) is 5. The van der Waals surface area contributed by atoms with Gasteiger partial charge in [-0.15, -0.1) is 0 Å². The van der Waals surface area contributed by atoms with E-state index in [4.69, 9.17) is 4.74 Å². The highest BCUT2D eigenvalue weighted by Crippen LogP contribution is 2.19. The minimum Gasteiger partial charge on any atom is -0.489 e. The highest BCUT2D eigenvalue weighted by atomic mass is 32.2. The van der Waals surface area contributed by atoms with Crippen LogP contribution >= 0.6 is 0 Å². The van der Waals surface area contributed by atoms with Crippen LogP contribution in [0.3, 0.4) is 0 Å². The monoisotopic (exact) mass is 439 g/mol. The van der Waals surface area contributed by atoms with Crippen molar-refractivity contribution in [2.75, 3.05) is 13.6 Å². The topological polar surface area (TPSA) is 88.6 Å². The van der Waals surface area contributed by atoms with E-state index in [1.807, 2.05) is 43.3 Å². The molecule has 1 amide bonds. The lowest BCUT2D eigenvalue weighted by atomic mass is 10.1. The van der Waals surface area contributed by atoms with Gasteiger partial charge in [-0.1, -0.05) is 36.4 Å². The van der Waals surface area contributed by atoms with Crippen LogP contribution < -0.4 is 10.1 Å². The highest BCUT2D eigenvalue weighted by Gasteiger charge is 2.23. The van der Waals surface area contributed by atoms with Crippen molar-refractivity contribution in [2.45, 2.75) is 24.5 Å². The summed E-state index contributed by atoms with van der Waals surface area (Å²) in [6, 6.07) is 19.0. The summed E-state index contributed by atoms with van der Waals surface area (Å²) < 4.78 is 31.9. The van der Waals surface area contributed by atoms with Gasteiger partial charge in [0, 0.05) is 25.0 Å². The molecular formula is C23H25N3O4S. The minimum atomic E-state index is -3.72. The van der Waals surface area contributed by atoms with E-state index in [1.54, 1.807) is 30.6 Å². The molecule has 3 aromatic rings. The molecular weight excluding hydrogens is 414 g/mol. The van der Waals surface area contributed by atoms with Gasteiger partial charge in [-0.25, -0.2) is 8.42 Å². The van der Waals surface area contributed by atoms with E-state index in [0.29, 0.717) is 12.4 Å². The van der Waals surface area contributed by atoms with Gasteiger partial charge in [0.25, 0.3) is 0 Å². The Morgan fingerprint density at radius 2 is 1.77 bits per heavy atom. The summed E-state index contributed by atoms with van der Waals surface area (Å²) >= 11 is 0. The maximum absolute atomic E-state index is 12.6. The van der Waals surface area contributed by atoms with Gasteiger partial charge < -0.3 is 10.1 Å². The molecule has 3 rings (SSSR count). The molecule has 8 heteroatoms. The van der Waals surface area contributed by atoms with Crippen LogP contribution in [0.2, 0.25) is 0 Å². The Kier molecular flexibility index (Phi) is 7.38. The number of amides is 1. The van der Waals surface area contributed by atoms with Gasteiger partial charge in [0.15, 0.2) is 0 Å². The number of carbonyl (C=O) groups excluding carboxylic acids is 1. The second kappa shape index (κ2) is 10.2. The van der Waals surface area contributed by atoms with Crippen molar-refractivity contribution >= 4 is 15.9 Å². The van der Waals surface area contributed by atoms with Crippen molar-refractivity contribution in [3.63, 3.8) is 0 Å². The van der Waals surface area contributed by atoms with E-state index < -0.39 is 10.0 Å². The first-order chi connectivity index (χ1) is 14.9. The summed E-state index contributed by atoms with van der Waals surface area (Å²) in [4.78, 5) is 16.6. The van der Waals surface area contributed by atoms with E-state index in [0.717, 1.165) is 15.4 Å². The molecule has 162 valence electrons. The second-order valence-electron chi connectivity index (χ2n) is 7.08. The van der Waals surface area contributed by atoms with Crippen LogP contribution in [0.4, 0.5) is 0 Å². The SMILES string of the molecule is CC(NC(=O)CN(C)S(=O)(=O)c1ccccc1)c1ccc(OCc2cccnc2)cc1. The number of rotatable bonds is 9. The van der Waals surface area contributed by atoms with Crippen molar-refractivity contribution in [3.8, 4) is 5.75 Å². The first-order valence-electron chi connectivity index (χ1n) is 9.78. The van der Waals surface area contributed by atoms with Crippen LogP contribution in [0.5, 0.6) is 5.75 Å². The van der Waals surface area contributed by atoms with Crippen molar-refractivity contribution < 1.29 is 17.9 Å². The molecule has 1 heterocycles. The van der Waals surface area contributed by atoms with Crippen LogP contribution in [0.25, 0.3) is 0 Å². The zero-order valence-electron chi connectivity index (χ0n) is 17.4. The molecule has 1 atom stereocenters. The quantitative estimate of drug-likeness (QED) is 0.553. The summed E-state index contributed by atoms with van der Waals surface area (Å²) in [7, 11) is -2.33. The highest BCUT2D eigenvalue weighted by molar-refractivity contribution is 7.89. The molecule has 0 saturated carbocycles. The van der Waals surface area contributed by atoms with Crippen molar-refractivity contribution in [2.24, 2.45) is 0 Å². The third kappa shape index (κ3) is 6.13. The summed E-state index contributed by atoms with van der Waals surface area (Å²) in [5.74, 6) is 0.325. The largest absolute Gasteiger partial charge is 0.489 e. The maximum Gasteiger partial charge on any atom is 0.243 e. The number of hydrogen-bond donors (Lipinski definition) is 1. The third-order valence-corrected chi connectivity index (χ3v) is 6.52. The fourth-order valence-electron chi connectivity index (χ4n) is 2.93. The van der Waals surface area contributed by atoms with Crippen molar-refractivity contribution in [1.29, 1.82) is 0 Å². The molecule has 0 spiro atoms. The molecule has 0 fully saturated rings. The molecule has 2 aromatic carbocycles. The maximum atomic E-state index is 12.6. The van der Waals surface area contributed by atoms with Gasteiger partial charge in [-0.05, 0) is 42.8 Å². The zero-order chi connectivity index (χ0) is 22.3. The number of ether oxygens (including phenoxy) is 1. The smallest absolute Gasteiger partial charge is 0.243 e. The summed E-state index contributed by atoms with van der Waals surface area (Å²) in [6.45, 7) is 1.99. The predicted octanol–water partition coefficient (Wildman–Crippen LogP) is 3.16. The van der Waals surface area contributed by atoms with E-state index >= 15 is 0 Å². The summed E-state index contributed by atoms with van der Waals surface area (Å²) in [5, 5.41) is 2.83. The van der Waals surface area contributed by atoms with Crippen LogP contribution in [0, 0.1) is 0 Å². The molecule has 31 heavy (non-hydrogen) atoms. The molecule has 7 nitrogen and oxygen atoms in total. The fraction of sp³-hybridized carbons (Fsp3) is 0.217. The average Bonchev–Trinajstić information content (AvgIpc) is 2.79. The van der Waals surface area contributed by atoms with E-state index in [2.05, 4.69) is 10.3 Å². The number of pyridine rings is 1. The van der Waals surface area contributed by atoms with Crippen LogP contribution in [-0.2, 0) is 21.4 Å². The van der Waals surface area contributed by atoms with E-state index in [1.165, 1.54) is 19.2 Å².